The van der Waals surface area contributed by atoms with Gasteiger partial charge in [-0.3, -0.25) is 5.32 Å². The van der Waals surface area contributed by atoms with Gasteiger partial charge in [0.15, 0.2) is 5.84 Å². The van der Waals surface area contributed by atoms with Crippen LogP contribution in [0.25, 0.3) is 0 Å². The second kappa shape index (κ2) is 3.42. The summed E-state index contributed by atoms with van der Waals surface area (Å²) in [4.78, 5) is 11.8. The van der Waals surface area contributed by atoms with Crippen LogP contribution < -0.4 is 5.32 Å². The van der Waals surface area contributed by atoms with Crippen molar-refractivity contribution >= 4 is 22.0 Å². The minimum atomic E-state index is -4.63. The van der Waals surface area contributed by atoms with E-state index < -0.39 is 21.5 Å². The molecule has 0 spiro atoms. The van der Waals surface area contributed by atoms with Crippen molar-refractivity contribution in [1.29, 1.82) is 0 Å². The van der Waals surface area contributed by atoms with E-state index in [1.807, 2.05) is 0 Å². The van der Waals surface area contributed by atoms with E-state index >= 15 is 0 Å². The largest absolute Gasteiger partial charge is 0.746 e. The summed E-state index contributed by atoms with van der Waals surface area (Å²) in [5.41, 5.74) is 0. The maximum atomic E-state index is 11.0. The summed E-state index contributed by atoms with van der Waals surface area (Å²) in [7, 11) is -3.46. The first-order valence-electron chi connectivity index (χ1n) is 3.55. The van der Waals surface area contributed by atoms with Crippen LogP contribution in [-0.2, 0) is 10.1 Å². The number of oxime groups is 1. The fourth-order valence-electron chi connectivity index (χ4n) is 1.06. The first kappa shape index (κ1) is 10.7. The van der Waals surface area contributed by atoms with Gasteiger partial charge in [0.1, 0.15) is 15.5 Å². The summed E-state index contributed by atoms with van der Waals surface area (Å²) in [6, 6.07) is -0.798. The highest BCUT2D eigenvalue weighted by molar-refractivity contribution is 7.86. The molecule has 1 aliphatic heterocycles. The molecule has 1 heterocycles. The number of carbonyl (C=O) groups excluding carboxylic acids is 1. The third-order valence-corrected chi connectivity index (χ3v) is 2.97. The molecule has 1 rings (SSSR count). The maximum absolute atomic E-state index is 11.0. The van der Waals surface area contributed by atoms with E-state index in [1.165, 1.54) is 7.05 Å². The fraction of sp³-hybridized carbons (Fsp3) is 0.600. The topological polar surface area (TPSA) is 122 Å². The van der Waals surface area contributed by atoms with Crippen molar-refractivity contribution in [2.45, 2.75) is 11.8 Å². The van der Waals surface area contributed by atoms with Gasteiger partial charge in [0.2, 0.25) is 0 Å². The monoisotopic (exact) mass is 222 g/mol. The Balaban J connectivity index is 3.01. The van der Waals surface area contributed by atoms with Gasteiger partial charge >= 0.3 is 6.03 Å². The van der Waals surface area contributed by atoms with Crippen LogP contribution in [0.3, 0.4) is 0 Å². The third-order valence-electron chi connectivity index (χ3n) is 1.83. The van der Waals surface area contributed by atoms with Crippen LogP contribution in [0.2, 0.25) is 0 Å². The van der Waals surface area contributed by atoms with E-state index in [9.17, 15) is 17.8 Å². The van der Waals surface area contributed by atoms with Crippen LogP contribution in [0.4, 0.5) is 4.79 Å². The molecule has 0 saturated carbocycles. The van der Waals surface area contributed by atoms with Crippen molar-refractivity contribution in [2.24, 2.45) is 5.16 Å². The normalized spacial score (nSPS) is 26.4. The van der Waals surface area contributed by atoms with Crippen molar-refractivity contribution in [2.75, 3.05) is 7.05 Å². The Labute approximate surface area is 79.9 Å². The van der Waals surface area contributed by atoms with Gasteiger partial charge in [0.05, 0.1) is 0 Å². The van der Waals surface area contributed by atoms with Gasteiger partial charge in [-0.1, -0.05) is 5.16 Å². The van der Waals surface area contributed by atoms with Gasteiger partial charge < -0.3 is 14.7 Å². The maximum Gasteiger partial charge on any atom is 0.323 e. The molecule has 0 bridgehead atoms. The molecule has 1 fully saturated rings. The van der Waals surface area contributed by atoms with Crippen molar-refractivity contribution in [3.05, 3.63) is 0 Å². The summed E-state index contributed by atoms with van der Waals surface area (Å²) in [5.74, 6) is -0.238. The lowest BCUT2D eigenvalue weighted by Gasteiger charge is -2.34. The van der Waals surface area contributed by atoms with Crippen LogP contribution in [0.5, 0.6) is 0 Å². The first-order valence-corrected chi connectivity index (χ1v) is 5.03. The highest BCUT2D eigenvalue weighted by atomic mass is 32.2. The average molecular weight is 222 g/mol. The van der Waals surface area contributed by atoms with E-state index in [0.717, 1.165) is 4.90 Å². The summed E-state index contributed by atoms with van der Waals surface area (Å²) in [5, 5.41) is 11.6. The molecule has 0 aromatic heterocycles. The molecule has 1 atom stereocenters. The fourth-order valence-corrected chi connectivity index (χ4v) is 1.90. The summed E-state index contributed by atoms with van der Waals surface area (Å²) < 4.78 is 32.1. The van der Waals surface area contributed by atoms with Gasteiger partial charge in [0.25, 0.3) is 0 Å². The standard InChI is InChI=1S/C5H9N3O5S/c1-8-4(14(11,12)13)2-3(7-10)6-5(8)9/h4,10H,2H2,1H3,(H,6,7,9)(H,11,12,13)/p-1. The number of rotatable bonds is 1. The number of amides is 2. The molecule has 1 unspecified atom stereocenters. The molecule has 0 aromatic rings. The number of urea groups is 1. The Morgan fingerprint density at radius 3 is 2.71 bits per heavy atom. The number of nitrogens with one attached hydrogen (secondary N) is 1. The second-order valence-corrected chi connectivity index (χ2v) is 4.27. The second-order valence-electron chi connectivity index (χ2n) is 2.74. The summed E-state index contributed by atoms with van der Waals surface area (Å²) in [6.07, 6.45) is -0.343. The summed E-state index contributed by atoms with van der Waals surface area (Å²) >= 11 is 0. The van der Waals surface area contributed by atoms with Crippen molar-refractivity contribution in [3.8, 4) is 0 Å². The molecule has 8 nitrogen and oxygen atoms in total. The van der Waals surface area contributed by atoms with Gasteiger partial charge in [-0.2, -0.15) is 0 Å². The SMILES string of the molecule is CN1C(=O)N/C(=N\O)CC1S(=O)(=O)[O-]. The Bertz CT molecular complexity index is 375. The van der Waals surface area contributed by atoms with Gasteiger partial charge in [-0.15, -0.1) is 0 Å². The number of hydrogen-bond donors (Lipinski definition) is 2. The molecule has 0 aromatic carbocycles. The number of amidine groups is 1. The zero-order valence-corrected chi connectivity index (χ0v) is 7.98. The Hall–Kier alpha value is -1.35. The minimum Gasteiger partial charge on any atom is -0.746 e. The first-order chi connectivity index (χ1) is 6.36. The lowest BCUT2D eigenvalue weighted by atomic mass is 10.3. The van der Waals surface area contributed by atoms with E-state index in [4.69, 9.17) is 5.21 Å². The molecule has 9 heteroatoms. The van der Waals surface area contributed by atoms with Gasteiger partial charge in [-0.25, -0.2) is 13.2 Å². The minimum absolute atomic E-state index is 0.238. The van der Waals surface area contributed by atoms with E-state index in [-0.39, 0.29) is 12.3 Å². The molecule has 1 saturated heterocycles. The Morgan fingerprint density at radius 1 is 1.71 bits per heavy atom. The molecule has 1 aliphatic rings. The van der Waals surface area contributed by atoms with Crippen LogP contribution >= 0.6 is 0 Å². The van der Waals surface area contributed by atoms with Crippen molar-refractivity contribution in [3.63, 3.8) is 0 Å². The van der Waals surface area contributed by atoms with Crippen LogP contribution in [-0.4, -0.2) is 47.4 Å². The third kappa shape index (κ3) is 1.93. The Kier molecular flexibility index (Phi) is 2.62. The predicted molar refractivity (Wildman–Crippen MR) is 43.6 cm³/mol. The highest BCUT2D eigenvalue weighted by Gasteiger charge is 2.33. The molecule has 80 valence electrons. The molecule has 0 aliphatic carbocycles. The van der Waals surface area contributed by atoms with Crippen molar-refractivity contribution in [1.82, 2.24) is 10.2 Å². The molecule has 2 N–H and O–H groups in total. The predicted octanol–water partition coefficient (Wildman–Crippen LogP) is -1.31. The lowest BCUT2D eigenvalue weighted by Crippen LogP contribution is -2.55. The quantitative estimate of drug-likeness (QED) is 0.324. The zero-order valence-electron chi connectivity index (χ0n) is 7.17. The average Bonchev–Trinajstić information content (AvgIpc) is 2.07. The van der Waals surface area contributed by atoms with Crippen LogP contribution in [0.1, 0.15) is 6.42 Å². The smallest absolute Gasteiger partial charge is 0.323 e. The lowest BCUT2D eigenvalue weighted by molar-refractivity contribution is 0.199. The number of carbonyl (C=O) groups is 1. The van der Waals surface area contributed by atoms with E-state index in [1.54, 1.807) is 0 Å². The van der Waals surface area contributed by atoms with Crippen molar-refractivity contribution < 1.29 is 23.0 Å². The molecule has 2 amide bonds. The molecule has 14 heavy (non-hydrogen) atoms. The number of nitrogens with zero attached hydrogens (tertiary/aromatic N) is 2. The van der Waals surface area contributed by atoms with E-state index in [0.29, 0.717) is 0 Å². The van der Waals surface area contributed by atoms with Crippen LogP contribution in [0.15, 0.2) is 5.16 Å². The zero-order chi connectivity index (χ0) is 10.9. The van der Waals surface area contributed by atoms with Gasteiger partial charge in [-0.05, 0) is 0 Å². The molecular weight excluding hydrogens is 214 g/mol. The number of hydrogen-bond acceptors (Lipinski definition) is 6. The van der Waals surface area contributed by atoms with E-state index in [2.05, 4.69) is 10.5 Å². The molecular formula is C5H8N3O5S-. The summed E-state index contributed by atoms with van der Waals surface area (Å²) in [6.45, 7) is 0. The van der Waals surface area contributed by atoms with Gasteiger partial charge in [0, 0.05) is 13.5 Å². The highest BCUT2D eigenvalue weighted by Crippen LogP contribution is 2.13. The molecule has 0 radical (unpaired) electrons. The Morgan fingerprint density at radius 2 is 2.29 bits per heavy atom. The van der Waals surface area contributed by atoms with Crippen LogP contribution in [0, 0.1) is 0 Å².